The number of nitrogens with zero attached hydrogens (tertiary/aromatic N) is 3. The van der Waals surface area contributed by atoms with Gasteiger partial charge in [0, 0.05) is 37.3 Å². The number of benzene rings is 1. The zero-order valence-electron chi connectivity index (χ0n) is 16.0. The average molecular weight is 390 g/mol. The van der Waals surface area contributed by atoms with Crippen molar-refractivity contribution in [2.24, 2.45) is 0 Å². The van der Waals surface area contributed by atoms with Crippen LogP contribution in [0.15, 0.2) is 48.7 Å². The summed E-state index contributed by atoms with van der Waals surface area (Å²) in [5.41, 5.74) is 1.73. The van der Waals surface area contributed by atoms with Crippen LogP contribution in [-0.2, 0) is 9.59 Å². The molecule has 0 aliphatic carbocycles. The minimum absolute atomic E-state index is 0.147. The molecule has 3 rings (SSSR count). The molecule has 0 saturated carbocycles. The van der Waals surface area contributed by atoms with Gasteiger partial charge in [0.2, 0.25) is 11.8 Å². The molecule has 1 N–H and O–H groups in total. The number of ether oxygens (including phenoxy) is 1. The van der Waals surface area contributed by atoms with E-state index in [2.05, 4.69) is 16.4 Å². The van der Waals surface area contributed by atoms with E-state index < -0.39 is 0 Å². The van der Waals surface area contributed by atoms with Crippen LogP contribution < -0.4 is 15.0 Å². The van der Waals surface area contributed by atoms with Crippen LogP contribution in [0, 0.1) is 11.3 Å². The molecule has 7 heteroatoms. The van der Waals surface area contributed by atoms with Gasteiger partial charge in [-0.2, -0.15) is 5.26 Å². The van der Waals surface area contributed by atoms with Crippen LogP contribution in [0.1, 0.15) is 31.2 Å². The average Bonchev–Trinajstić information content (AvgIpc) is 3.17. The molecule has 1 aliphatic rings. The third kappa shape index (κ3) is 5.66. The predicted molar refractivity (Wildman–Crippen MR) is 110 cm³/mol. The summed E-state index contributed by atoms with van der Waals surface area (Å²) in [7, 11) is 0. The number of nitriles is 1. The first-order valence-corrected chi connectivity index (χ1v) is 9.51. The zero-order valence-corrected chi connectivity index (χ0v) is 16.0. The standard InChI is InChI=1S/C22H22N4O3/c23-13-1-2-16-29-19-5-3-14-24-22(19)25-20(27)12-9-17-7-10-18(11-8-17)26-15-4-6-21(26)28/h3,5,7-12,14H,1-2,4,6,15-16H2,(H,24,25,27). The molecule has 29 heavy (non-hydrogen) atoms. The van der Waals surface area contributed by atoms with Crippen LogP contribution in [0.2, 0.25) is 0 Å². The van der Waals surface area contributed by atoms with Crippen molar-refractivity contribution in [3.8, 4) is 11.8 Å². The second kappa shape index (κ2) is 10.0. The summed E-state index contributed by atoms with van der Waals surface area (Å²) in [6.45, 7) is 1.13. The molecular weight excluding hydrogens is 368 g/mol. The molecule has 1 aromatic carbocycles. The van der Waals surface area contributed by atoms with Crippen molar-refractivity contribution in [2.45, 2.75) is 25.7 Å². The van der Waals surface area contributed by atoms with Gasteiger partial charge in [-0.05, 0) is 48.7 Å². The molecule has 0 spiro atoms. The van der Waals surface area contributed by atoms with Crippen LogP contribution in [0.3, 0.4) is 0 Å². The van der Waals surface area contributed by atoms with Gasteiger partial charge in [-0.1, -0.05) is 12.1 Å². The number of carbonyl (C=O) groups excluding carboxylic acids is 2. The van der Waals surface area contributed by atoms with Crippen molar-refractivity contribution < 1.29 is 14.3 Å². The molecule has 1 fully saturated rings. The van der Waals surface area contributed by atoms with E-state index in [0.29, 0.717) is 37.4 Å². The lowest BCUT2D eigenvalue weighted by atomic mass is 10.2. The number of pyridine rings is 1. The molecule has 0 atom stereocenters. The van der Waals surface area contributed by atoms with E-state index in [-0.39, 0.29) is 11.8 Å². The third-order valence-corrected chi connectivity index (χ3v) is 4.41. The molecule has 148 valence electrons. The SMILES string of the molecule is N#CCCCOc1cccnc1NC(=O)C=Cc1ccc(N2CCCC2=O)cc1. The number of unbranched alkanes of at least 4 members (excludes halogenated alkanes) is 1. The summed E-state index contributed by atoms with van der Waals surface area (Å²) >= 11 is 0. The summed E-state index contributed by atoms with van der Waals surface area (Å²) in [6.07, 6.45) is 7.19. The Morgan fingerprint density at radius 3 is 2.86 bits per heavy atom. The highest BCUT2D eigenvalue weighted by Crippen LogP contribution is 2.23. The maximum atomic E-state index is 12.2. The van der Waals surface area contributed by atoms with Crippen LogP contribution in [0.5, 0.6) is 5.75 Å². The lowest BCUT2D eigenvalue weighted by Gasteiger charge is -2.15. The smallest absolute Gasteiger partial charge is 0.249 e. The molecular formula is C22H22N4O3. The van der Waals surface area contributed by atoms with Gasteiger partial charge in [0.05, 0.1) is 12.7 Å². The number of aromatic nitrogens is 1. The maximum Gasteiger partial charge on any atom is 0.249 e. The van der Waals surface area contributed by atoms with Crippen molar-refractivity contribution in [2.75, 3.05) is 23.4 Å². The highest BCUT2D eigenvalue weighted by Gasteiger charge is 2.21. The highest BCUT2D eigenvalue weighted by molar-refractivity contribution is 6.02. The number of amides is 2. The topological polar surface area (TPSA) is 95.3 Å². The molecule has 2 aromatic rings. The van der Waals surface area contributed by atoms with Crippen LogP contribution in [0.25, 0.3) is 6.08 Å². The molecule has 2 amide bonds. The van der Waals surface area contributed by atoms with Crippen LogP contribution in [0.4, 0.5) is 11.5 Å². The number of anilines is 2. The first-order chi connectivity index (χ1) is 14.2. The minimum Gasteiger partial charge on any atom is -0.490 e. The Morgan fingerprint density at radius 2 is 2.14 bits per heavy atom. The number of carbonyl (C=O) groups is 2. The second-order valence-electron chi connectivity index (χ2n) is 6.52. The van der Waals surface area contributed by atoms with Gasteiger partial charge in [0.1, 0.15) is 0 Å². The van der Waals surface area contributed by atoms with Crippen molar-refractivity contribution in [3.05, 3.63) is 54.2 Å². The Balaban J connectivity index is 1.57. The molecule has 0 unspecified atom stereocenters. The Morgan fingerprint density at radius 1 is 1.31 bits per heavy atom. The zero-order chi connectivity index (χ0) is 20.5. The molecule has 2 heterocycles. The van der Waals surface area contributed by atoms with Crippen LogP contribution in [-0.4, -0.2) is 29.9 Å². The molecule has 1 aromatic heterocycles. The fraction of sp³-hybridized carbons (Fsp3) is 0.273. The Labute approximate surface area is 169 Å². The van der Waals surface area contributed by atoms with E-state index in [1.54, 1.807) is 29.3 Å². The lowest BCUT2D eigenvalue weighted by molar-refractivity contribution is -0.117. The predicted octanol–water partition coefficient (Wildman–Crippen LogP) is 3.54. The molecule has 7 nitrogen and oxygen atoms in total. The maximum absolute atomic E-state index is 12.2. The van der Waals surface area contributed by atoms with E-state index >= 15 is 0 Å². The quantitative estimate of drug-likeness (QED) is 0.549. The van der Waals surface area contributed by atoms with Crippen molar-refractivity contribution in [1.29, 1.82) is 5.26 Å². The Bertz CT molecular complexity index is 932. The molecule has 0 bridgehead atoms. The van der Waals surface area contributed by atoms with Gasteiger partial charge in [0.15, 0.2) is 11.6 Å². The molecule has 1 saturated heterocycles. The second-order valence-corrected chi connectivity index (χ2v) is 6.52. The van der Waals surface area contributed by atoms with Gasteiger partial charge >= 0.3 is 0 Å². The summed E-state index contributed by atoms with van der Waals surface area (Å²) in [6, 6.07) is 13.0. The Hall–Kier alpha value is -3.66. The first-order valence-electron chi connectivity index (χ1n) is 9.51. The van der Waals surface area contributed by atoms with Crippen molar-refractivity contribution in [1.82, 2.24) is 4.98 Å². The van der Waals surface area contributed by atoms with Crippen molar-refractivity contribution in [3.63, 3.8) is 0 Å². The molecule has 1 aliphatic heterocycles. The normalized spacial score (nSPS) is 13.5. The van der Waals surface area contributed by atoms with Gasteiger partial charge in [-0.25, -0.2) is 4.98 Å². The van der Waals surface area contributed by atoms with Gasteiger partial charge in [-0.3, -0.25) is 9.59 Å². The van der Waals surface area contributed by atoms with E-state index in [1.165, 1.54) is 6.08 Å². The summed E-state index contributed by atoms with van der Waals surface area (Å²) in [5.74, 6) is 0.617. The molecule has 0 radical (unpaired) electrons. The summed E-state index contributed by atoms with van der Waals surface area (Å²) in [4.78, 5) is 30.0. The summed E-state index contributed by atoms with van der Waals surface area (Å²) < 4.78 is 5.59. The largest absolute Gasteiger partial charge is 0.490 e. The first kappa shape index (κ1) is 20.1. The Kier molecular flexibility index (Phi) is 6.95. The summed E-state index contributed by atoms with van der Waals surface area (Å²) in [5, 5.41) is 11.3. The number of rotatable bonds is 8. The fourth-order valence-electron chi connectivity index (χ4n) is 2.95. The van der Waals surface area contributed by atoms with Crippen molar-refractivity contribution >= 4 is 29.4 Å². The van der Waals surface area contributed by atoms with E-state index in [1.807, 2.05) is 24.3 Å². The third-order valence-electron chi connectivity index (χ3n) is 4.41. The van der Waals surface area contributed by atoms with E-state index in [4.69, 9.17) is 10.00 Å². The lowest BCUT2D eigenvalue weighted by Crippen LogP contribution is -2.23. The number of hydrogen-bond acceptors (Lipinski definition) is 5. The monoisotopic (exact) mass is 390 g/mol. The van der Waals surface area contributed by atoms with E-state index in [0.717, 1.165) is 24.2 Å². The number of hydrogen-bond donors (Lipinski definition) is 1. The van der Waals surface area contributed by atoms with E-state index in [9.17, 15) is 9.59 Å². The minimum atomic E-state index is -0.329. The highest BCUT2D eigenvalue weighted by atomic mass is 16.5. The van der Waals surface area contributed by atoms with Gasteiger partial charge in [-0.15, -0.1) is 0 Å². The fourth-order valence-corrected chi connectivity index (χ4v) is 2.95. The van der Waals surface area contributed by atoms with Gasteiger partial charge < -0.3 is 15.0 Å². The number of nitrogens with one attached hydrogen (secondary N) is 1. The van der Waals surface area contributed by atoms with Gasteiger partial charge in [0.25, 0.3) is 0 Å². The van der Waals surface area contributed by atoms with Crippen LogP contribution >= 0.6 is 0 Å².